The second kappa shape index (κ2) is 9.28. The molecule has 0 spiro atoms. The lowest BCUT2D eigenvalue weighted by Gasteiger charge is -2.26. The van der Waals surface area contributed by atoms with Crippen LogP contribution < -0.4 is 10.1 Å². The maximum absolute atomic E-state index is 13.5. The van der Waals surface area contributed by atoms with Gasteiger partial charge in [0.25, 0.3) is 5.91 Å². The normalized spacial score (nSPS) is 14.7. The molecule has 0 atom stereocenters. The van der Waals surface area contributed by atoms with E-state index in [0.29, 0.717) is 49.5 Å². The van der Waals surface area contributed by atoms with Gasteiger partial charge in [0.05, 0.1) is 18.8 Å². The number of hydrogen-bond acceptors (Lipinski definition) is 4. The van der Waals surface area contributed by atoms with E-state index in [4.69, 9.17) is 9.47 Å². The Morgan fingerprint density at radius 3 is 2.38 bits per heavy atom. The van der Waals surface area contributed by atoms with Crippen molar-refractivity contribution in [3.63, 3.8) is 0 Å². The fraction of sp³-hybridized carbons (Fsp3) is 0.381. The zero-order chi connectivity index (χ0) is 20.9. The van der Waals surface area contributed by atoms with Crippen LogP contribution in [0.1, 0.15) is 15.9 Å². The summed E-state index contributed by atoms with van der Waals surface area (Å²) < 4.78 is 50.9. The second-order valence-corrected chi connectivity index (χ2v) is 6.64. The number of halogens is 3. The summed E-state index contributed by atoms with van der Waals surface area (Å²) in [4.78, 5) is 14.2. The van der Waals surface area contributed by atoms with Crippen molar-refractivity contribution in [1.82, 2.24) is 10.2 Å². The molecule has 2 aromatic carbocycles. The number of ether oxygens (including phenoxy) is 2. The number of carbonyl (C=O) groups excluding carboxylic acids is 1. The summed E-state index contributed by atoms with van der Waals surface area (Å²) in [6.45, 7) is 2.66. The minimum absolute atomic E-state index is 0.107. The Morgan fingerprint density at radius 1 is 1.10 bits per heavy atom. The van der Waals surface area contributed by atoms with Crippen molar-refractivity contribution in [1.29, 1.82) is 0 Å². The van der Waals surface area contributed by atoms with Crippen LogP contribution in [0.5, 0.6) is 5.75 Å². The molecule has 0 aliphatic carbocycles. The van der Waals surface area contributed by atoms with Gasteiger partial charge in [-0.3, -0.25) is 4.79 Å². The number of carbonyl (C=O) groups is 1. The van der Waals surface area contributed by atoms with Crippen LogP contribution in [0.2, 0.25) is 0 Å². The van der Waals surface area contributed by atoms with E-state index in [1.54, 1.807) is 42.3 Å². The van der Waals surface area contributed by atoms with Gasteiger partial charge in [-0.25, -0.2) is 0 Å². The van der Waals surface area contributed by atoms with Crippen LogP contribution in [0.4, 0.5) is 13.2 Å². The maximum atomic E-state index is 13.5. The highest BCUT2D eigenvalue weighted by Crippen LogP contribution is 2.38. The van der Waals surface area contributed by atoms with Crippen molar-refractivity contribution in [2.24, 2.45) is 0 Å². The molecule has 0 saturated carbocycles. The van der Waals surface area contributed by atoms with Gasteiger partial charge in [-0.2, -0.15) is 13.2 Å². The molecule has 1 heterocycles. The lowest BCUT2D eigenvalue weighted by molar-refractivity contribution is -0.138. The van der Waals surface area contributed by atoms with Crippen molar-refractivity contribution in [2.75, 3.05) is 46.5 Å². The first kappa shape index (κ1) is 21.1. The second-order valence-electron chi connectivity index (χ2n) is 6.64. The zero-order valence-corrected chi connectivity index (χ0v) is 16.1. The van der Waals surface area contributed by atoms with Crippen LogP contribution in [0, 0.1) is 0 Å². The quantitative estimate of drug-likeness (QED) is 0.744. The predicted octanol–water partition coefficient (Wildman–Crippen LogP) is 3.44. The molecule has 1 fully saturated rings. The Labute approximate surface area is 167 Å². The van der Waals surface area contributed by atoms with Crippen molar-refractivity contribution in [2.45, 2.75) is 6.18 Å². The summed E-state index contributed by atoms with van der Waals surface area (Å²) in [6.07, 6.45) is -4.53. The standard InChI is InChI=1S/C21H23F3N2O3/c1-25-8-11-29-19-7-6-17(14-18(19)21(22,23)24)15-2-4-16(5-3-15)20(27)26-9-12-28-13-10-26/h2-7,14,25H,8-13H2,1H3. The molecule has 2 aromatic rings. The summed E-state index contributed by atoms with van der Waals surface area (Å²) in [5.41, 5.74) is 0.678. The summed E-state index contributed by atoms with van der Waals surface area (Å²) in [5, 5.41) is 2.83. The molecule has 0 bridgehead atoms. The van der Waals surface area contributed by atoms with Gasteiger partial charge < -0.3 is 19.7 Å². The van der Waals surface area contributed by atoms with E-state index in [1.165, 1.54) is 6.07 Å². The van der Waals surface area contributed by atoms with Crippen LogP contribution in [0.15, 0.2) is 42.5 Å². The fourth-order valence-electron chi connectivity index (χ4n) is 3.07. The lowest BCUT2D eigenvalue weighted by Crippen LogP contribution is -2.40. The number of amides is 1. The van der Waals surface area contributed by atoms with E-state index in [9.17, 15) is 18.0 Å². The Morgan fingerprint density at radius 2 is 1.76 bits per heavy atom. The van der Waals surface area contributed by atoms with Gasteiger partial charge in [-0.05, 0) is 42.4 Å². The maximum Gasteiger partial charge on any atom is 0.419 e. The predicted molar refractivity (Wildman–Crippen MR) is 103 cm³/mol. The minimum atomic E-state index is -4.53. The zero-order valence-electron chi connectivity index (χ0n) is 16.1. The van der Waals surface area contributed by atoms with Crippen molar-refractivity contribution in [3.05, 3.63) is 53.6 Å². The highest BCUT2D eigenvalue weighted by Gasteiger charge is 2.34. The molecule has 0 unspecified atom stereocenters. The molecular formula is C21H23F3N2O3. The van der Waals surface area contributed by atoms with Gasteiger partial charge in [0.2, 0.25) is 0 Å². The summed E-state index contributed by atoms with van der Waals surface area (Å²) >= 11 is 0. The Bertz CT molecular complexity index is 832. The Hall–Kier alpha value is -2.58. The fourth-order valence-corrected chi connectivity index (χ4v) is 3.07. The summed E-state index contributed by atoms with van der Waals surface area (Å²) in [6, 6.07) is 10.6. The van der Waals surface area contributed by atoms with Crippen molar-refractivity contribution in [3.8, 4) is 16.9 Å². The van der Waals surface area contributed by atoms with E-state index < -0.39 is 11.7 Å². The molecular weight excluding hydrogens is 385 g/mol. The molecule has 0 aromatic heterocycles. The van der Waals surface area contributed by atoms with Gasteiger partial charge in [-0.15, -0.1) is 0 Å². The smallest absolute Gasteiger partial charge is 0.419 e. The van der Waals surface area contributed by atoms with E-state index in [0.717, 1.165) is 6.07 Å². The number of nitrogens with zero attached hydrogens (tertiary/aromatic N) is 1. The van der Waals surface area contributed by atoms with E-state index in [-0.39, 0.29) is 18.3 Å². The number of benzene rings is 2. The molecule has 8 heteroatoms. The highest BCUT2D eigenvalue weighted by atomic mass is 19.4. The van der Waals surface area contributed by atoms with Gasteiger partial charge in [0.1, 0.15) is 12.4 Å². The number of rotatable bonds is 6. The van der Waals surface area contributed by atoms with Crippen LogP contribution in [0.3, 0.4) is 0 Å². The third kappa shape index (κ3) is 5.27. The van der Waals surface area contributed by atoms with Crippen molar-refractivity contribution >= 4 is 5.91 Å². The first-order valence-corrected chi connectivity index (χ1v) is 9.36. The van der Waals surface area contributed by atoms with Gasteiger partial charge in [0, 0.05) is 25.2 Å². The van der Waals surface area contributed by atoms with Crippen LogP contribution in [-0.2, 0) is 10.9 Å². The van der Waals surface area contributed by atoms with E-state index >= 15 is 0 Å². The number of morpholine rings is 1. The molecule has 1 amide bonds. The first-order chi connectivity index (χ1) is 13.9. The van der Waals surface area contributed by atoms with Crippen LogP contribution in [-0.4, -0.2) is 57.3 Å². The number of hydrogen-bond donors (Lipinski definition) is 1. The molecule has 0 radical (unpaired) electrons. The number of likely N-dealkylation sites (N-methyl/N-ethyl adjacent to an activating group) is 1. The van der Waals surface area contributed by atoms with Crippen LogP contribution >= 0.6 is 0 Å². The molecule has 3 rings (SSSR count). The molecule has 1 aliphatic rings. The van der Waals surface area contributed by atoms with Crippen molar-refractivity contribution < 1.29 is 27.4 Å². The topological polar surface area (TPSA) is 50.8 Å². The molecule has 1 N–H and O–H groups in total. The average Bonchev–Trinajstić information content (AvgIpc) is 2.73. The number of nitrogens with one attached hydrogen (secondary N) is 1. The van der Waals surface area contributed by atoms with Gasteiger partial charge in [-0.1, -0.05) is 18.2 Å². The third-order valence-corrected chi connectivity index (χ3v) is 4.66. The minimum Gasteiger partial charge on any atom is -0.492 e. The van der Waals surface area contributed by atoms with E-state index in [1.807, 2.05) is 0 Å². The SMILES string of the molecule is CNCCOc1ccc(-c2ccc(C(=O)N3CCOCC3)cc2)cc1C(F)(F)F. The van der Waals surface area contributed by atoms with E-state index in [2.05, 4.69) is 5.32 Å². The molecule has 5 nitrogen and oxygen atoms in total. The van der Waals surface area contributed by atoms with Crippen LogP contribution in [0.25, 0.3) is 11.1 Å². The van der Waals surface area contributed by atoms with Gasteiger partial charge >= 0.3 is 6.18 Å². The average molecular weight is 408 g/mol. The Balaban J connectivity index is 1.81. The summed E-state index contributed by atoms with van der Waals surface area (Å²) in [7, 11) is 1.70. The summed E-state index contributed by atoms with van der Waals surface area (Å²) in [5.74, 6) is -0.306. The highest BCUT2D eigenvalue weighted by molar-refractivity contribution is 5.94. The molecule has 156 valence electrons. The first-order valence-electron chi connectivity index (χ1n) is 9.36. The monoisotopic (exact) mass is 408 g/mol. The number of alkyl halides is 3. The van der Waals surface area contributed by atoms with Gasteiger partial charge in [0.15, 0.2) is 0 Å². The third-order valence-electron chi connectivity index (χ3n) is 4.66. The Kier molecular flexibility index (Phi) is 6.76. The largest absolute Gasteiger partial charge is 0.492 e. The molecule has 1 aliphatic heterocycles. The molecule has 1 saturated heterocycles. The lowest BCUT2D eigenvalue weighted by atomic mass is 10.0. The molecule has 29 heavy (non-hydrogen) atoms.